The number of nitrogens with one attached hydrogen (secondary N) is 1. The highest BCUT2D eigenvalue weighted by molar-refractivity contribution is 5.30. The van der Waals surface area contributed by atoms with Gasteiger partial charge >= 0.3 is 0 Å². The first-order valence-electron chi connectivity index (χ1n) is 9.02. The van der Waals surface area contributed by atoms with E-state index in [4.69, 9.17) is 4.74 Å². The zero-order valence-electron chi connectivity index (χ0n) is 14.3. The van der Waals surface area contributed by atoms with E-state index < -0.39 is 0 Å². The molecule has 0 aliphatic carbocycles. The van der Waals surface area contributed by atoms with E-state index in [1.165, 1.54) is 37.1 Å². The SMILES string of the molecule is C[C@@H]1C2CCC(C[C@@H]1OC(c1ccc(F)cc1)c1ccc(F)cc1)N2. The van der Waals surface area contributed by atoms with Crippen molar-refractivity contribution in [1.82, 2.24) is 5.32 Å². The van der Waals surface area contributed by atoms with Crippen LogP contribution in [-0.2, 0) is 4.74 Å². The van der Waals surface area contributed by atoms with Gasteiger partial charge in [-0.1, -0.05) is 31.2 Å². The zero-order valence-corrected chi connectivity index (χ0v) is 14.3. The molecule has 2 unspecified atom stereocenters. The molecule has 2 aromatic carbocycles. The third-order valence-electron chi connectivity index (χ3n) is 5.67. The lowest BCUT2D eigenvalue weighted by Crippen LogP contribution is -2.48. The van der Waals surface area contributed by atoms with Gasteiger partial charge < -0.3 is 10.1 Å². The van der Waals surface area contributed by atoms with Crippen LogP contribution in [0.25, 0.3) is 0 Å². The van der Waals surface area contributed by atoms with Gasteiger partial charge in [0.05, 0.1) is 6.10 Å². The van der Waals surface area contributed by atoms with Crippen LogP contribution in [0.5, 0.6) is 0 Å². The molecule has 0 saturated carbocycles. The van der Waals surface area contributed by atoms with E-state index in [0.717, 1.165) is 17.5 Å². The van der Waals surface area contributed by atoms with Gasteiger partial charge in [0.15, 0.2) is 0 Å². The molecular weight excluding hydrogens is 320 g/mol. The van der Waals surface area contributed by atoms with Gasteiger partial charge in [-0.05, 0) is 60.6 Å². The Morgan fingerprint density at radius 3 is 2.04 bits per heavy atom. The van der Waals surface area contributed by atoms with Gasteiger partial charge in [0.1, 0.15) is 17.7 Å². The van der Waals surface area contributed by atoms with Crippen LogP contribution in [0.3, 0.4) is 0 Å². The summed E-state index contributed by atoms with van der Waals surface area (Å²) >= 11 is 0. The van der Waals surface area contributed by atoms with Gasteiger partial charge in [0.2, 0.25) is 0 Å². The Hall–Kier alpha value is -1.78. The smallest absolute Gasteiger partial charge is 0.123 e. The highest BCUT2D eigenvalue weighted by Crippen LogP contribution is 2.37. The van der Waals surface area contributed by atoms with Crippen LogP contribution in [0.4, 0.5) is 8.78 Å². The Balaban J connectivity index is 1.63. The van der Waals surface area contributed by atoms with Crippen molar-refractivity contribution in [2.24, 2.45) is 5.92 Å². The fraction of sp³-hybridized carbons (Fsp3) is 0.429. The van der Waals surface area contributed by atoms with Crippen molar-refractivity contribution in [3.8, 4) is 0 Å². The molecule has 132 valence electrons. The van der Waals surface area contributed by atoms with E-state index in [0.29, 0.717) is 18.0 Å². The average Bonchev–Trinajstić information content (AvgIpc) is 3.03. The number of piperidine rings is 1. The molecule has 2 aliphatic heterocycles. The van der Waals surface area contributed by atoms with Crippen molar-refractivity contribution >= 4 is 0 Å². The lowest BCUT2D eigenvalue weighted by molar-refractivity contribution is -0.0481. The van der Waals surface area contributed by atoms with E-state index in [1.807, 2.05) is 0 Å². The van der Waals surface area contributed by atoms with Gasteiger partial charge in [-0.15, -0.1) is 0 Å². The fourth-order valence-electron chi connectivity index (χ4n) is 4.18. The molecular formula is C21H23F2NO. The fourth-order valence-corrected chi connectivity index (χ4v) is 4.18. The first-order valence-corrected chi connectivity index (χ1v) is 9.02. The van der Waals surface area contributed by atoms with Crippen molar-refractivity contribution in [3.05, 3.63) is 71.3 Å². The van der Waals surface area contributed by atoms with E-state index in [9.17, 15) is 8.78 Å². The number of rotatable bonds is 4. The van der Waals surface area contributed by atoms with Crippen molar-refractivity contribution in [1.29, 1.82) is 0 Å². The first kappa shape index (κ1) is 16.7. The molecule has 1 N–H and O–H groups in total. The monoisotopic (exact) mass is 343 g/mol. The van der Waals surface area contributed by atoms with Gasteiger partial charge in [-0.25, -0.2) is 8.78 Å². The molecule has 4 heteroatoms. The number of hydrogen-bond acceptors (Lipinski definition) is 2. The normalized spacial score (nSPS) is 28.5. The van der Waals surface area contributed by atoms with E-state index in [1.54, 1.807) is 24.3 Å². The average molecular weight is 343 g/mol. The zero-order chi connectivity index (χ0) is 17.4. The summed E-state index contributed by atoms with van der Waals surface area (Å²) in [5.41, 5.74) is 1.79. The van der Waals surface area contributed by atoms with Crippen LogP contribution < -0.4 is 5.32 Å². The number of ether oxygens (including phenoxy) is 1. The quantitative estimate of drug-likeness (QED) is 0.876. The summed E-state index contributed by atoms with van der Waals surface area (Å²) in [7, 11) is 0. The van der Waals surface area contributed by atoms with E-state index in [-0.39, 0.29) is 23.8 Å². The Kier molecular flexibility index (Phi) is 4.57. The summed E-state index contributed by atoms with van der Waals surface area (Å²) in [4.78, 5) is 0. The molecule has 2 aliphatic rings. The molecule has 2 aromatic rings. The lowest BCUT2D eigenvalue weighted by atomic mass is 9.90. The Bertz CT molecular complexity index is 670. The maximum absolute atomic E-state index is 13.3. The van der Waals surface area contributed by atoms with Gasteiger partial charge in [-0.3, -0.25) is 0 Å². The highest BCUT2D eigenvalue weighted by Gasteiger charge is 2.40. The molecule has 4 rings (SSSR count). The summed E-state index contributed by atoms with van der Waals surface area (Å²) < 4.78 is 33.2. The topological polar surface area (TPSA) is 21.3 Å². The van der Waals surface area contributed by atoms with Gasteiger partial charge in [0, 0.05) is 12.1 Å². The second-order valence-corrected chi connectivity index (χ2v) is 7.30. The van der Waals surface area contributed by atoms with Gasteiger partial charge in [-0.2, -0.15) is 0 Å². The summed E-state index contributed by atoms with van der Waals surface area (Å²) in [6.07, 6.45) is 3.21. The molecule has 0 spiro atoms. The molecule has 2 fully saturated rings. The number of fused-ring (bicyclic) bond motifs is 2. The standard InChI is InChI=1S/C21H23F2NO/c1-13-19-11-10-18(24-19)12-20(13)25-21(14-2-6-16(22)7-3-14)15-4-8-17(23)9-5-15/h2-9,13,18-21,24H,10-12H2,1H3/t13-,18?,19?,20+/m1/s1. The van der Waals surface area contributed by atoms with Gasteiger partial charge in [0.25, 0.3) is 0 Å². The second kappa shape index (κ2) is 6.85. The molecule has 0 radical (unpaired) electrons. The molecule has 0 aromatic heterocycles. The van der Waals surface area contributed by atoms with Crippen LogP contribution in [0.1, 0.15) is 43.4 Å². The third-order valence-corrected chi connectivity index (χ3v) is 5.67. The van der Waals surface area contributed by atoms with Crippen LogP contribution in [0.15, 0.2) is 48.5 Å². The Morgan fingerprint density at radius 1 is 0.920 bits per heavy atom. The van der Waals surface area contributed by atoms with Crippen LogP contribution >= 0.6 is 0 Å². The molecule has 2 heterocycles. The molecule has 2 bridgehead atoms. The van der Waals surface area contributed by atoms with Crippen molar-refractivity contribution in [2.75, 3.05) is 0 Å². The van der Waals surface area contributed by atoms with Crippen molar-refractivity contribution < 1.29 is 13.5 Å². The minimum Gasteiger partial charge on any atom is -0.365 e. The predicted octanol–water partition coefficient (Wildman–Crippen LogP) is 4.60. The van der Waals surface area contributed by atoms with E-state index in [2.05, 4.69) is 12.2 Å². The predicted molar refractivity (Wildman–Crippen MR) is 93.2 cm³/mol. The maximum Gasteiger partial charge on any atom is 0.123 e. The lowest BCUT2D eigenvalue weighted by Gasteiger charge is -2.37. The summed E-state index contributed by atoms with van der Waals surface area (Å²) in [5.74, 6) is -0.119. The van der Waals surface area contributed by atoms with Crippen molar-refractivity contribution in [2.45, 2.75) is 50.5 Å². The molecule has 2 nitrogen and oxygen atoms in total. The molecule has 4 atom stereocenters. The Morgan fingerprint density at radius 2 is 1.48 bits per heavy atom. The number of halogens is 2. The highest BCUT2D eigenvalue weighted by atomic mass is 19.1. The summed E-state index contributed by atoms with van der Waals surface area (Å²) in [6.45, 7) is 2.23. The van der Waals surface area contributed by atoms with Crippen LogP contribution in [0, 0.1) is 17.6 Å². The van der Waals surface area contributed by atoms with Crippen LogP contribution in [-0.4, -0.2) is 18.2 Å². The van der Waals surface area contributed by atoms with Crippen LogP contribution in [0.2, 0.25) is 0 Å². The minimum absolute atomic E-state index is 0.138. The number of hydrogen-bond donors (Lipinski definition) is 1. The molecule has 0 amide bonds. The largest absolute Gasteiger partial charge is 0.365 e. The minimum atomic E-state index is -0.314. The molecule has 25 heavy (non-hydrogen) atoms. The third kappa shape index (κ3) is 3.46. The molecule has 2 saturated heterocycles. The Labute approximate surface area is 147 Å². The maximum atomic E-state index is 13.3. The van der Waals surface area contributed by atoms with Crippen molar-refractivity contribution in [3.63, 3.8) is 0 Å². The second-order valence-electron chi connectivity index (χ2n) is 7.30. The first-order chi connectivity index (χ1) is 12.1. The summed E-state index contributed by atoms with van der Waals surface area (Å²) in [5, 5.41) is 3.66. The number of benzene rings is 2. The van der Waals surface area contributed by atoms with E-state index >= 15 is 0 Å². The summed E-state index contributed by atoms with van der Waals surface area (Å²) in [6, 6.07) is 13.8.